The molecule has 1 unspecified atom stereocenters. The first-order valence-electron chi connectivity index (χ1n) is 10.9. The standard InChI is InChI=1S/C23H35N3OS.ClH/c1-4-14-26-21(16-28-23(26)25-19-8-6-5-7-9-19)15-22(27)24-20-12-10-18(11-13-20)17(2)3;/h10-13,17,19,21H,4-9,14-16H2,1-3H3,(H,24,27);1H/b25-23-;. The third-order valence-electron chi connectivity index (χ3n) is 5.71. The smallest absolute Gasteiger partial charge is 0.226 e. The van der Waals surface area contributed by atoms with E-state index in [1.54, 1.807) is 0 Å². The predicted molar refractivity (Wildman–Crippen MR) is 129 cm³/mol. The number of amides is 1. The molecule has 0 aromatic heterocycles. The van der Waals surface area contributed by atoms with Gasteiger partial charge in [-0.2, -0.15) is 0 Å². The number of rotatable bonds is 7. The van der Waals surface area contributed by atoms with E-state index in [0.29, 0.717) is 18.4 Å². The van der Waals surface area contributed by atoms with Gasteiger partial charge < -0.3 is 10.2 Å². The van der Waals surface area contributed by atoms with Crippen molar-refractivity contribution in [2.75, 3.05) is 17.6 Å². The Balaban J connectivity index is 0.00000300. The Morgan fingerprint density at radius 1 is 1.21 bits per heavy atom. The van der Waals surface area contributed by atoms with Crippen LogP contribution in [0.1, 0.15) is 77.2 Å². The fraction of sp³-hybridized carbons (Fsp3) is 0.652. The molecule has 0 spiro atoms. The quantitative estimate of drug-likeness (QED) is 0.562. The first kappa shape index (κ1) is 24.1. The fourth-order valence-corrected chi connectivity index (χ4v) is 5.31. The molecule has 2 fully saturated rings. The summed E-state index contributed by atoms with van der Waals surface area (Å²) in [7, 11) is 0. The van der Waals surface area contributed by atoms with Crippen molar-refractivity contribution in [3.63, 3.8) is 0 Å². The second kappa shape index (κ2) is 11.8. The molecule has 1 saturated heterocycles. The van der Waals surface area contributed by atoms with Gasteiger partial charge in [-0.3, -0.25) is 9.79 Å². The first-order valence-corrected chi connectivity index (χ1v) is 11.9. The fourth-order valence-electron chi connectivity index (χ4n) is 4.04. The summed E-state index contributed by atoms with van der Waals surface area (Å²) in [6.45, 7) is 7.55. The molecule has 2 aliphatic rings. The van der Waals surface area contributed by atoms with E-state index in [1.165, 1.54) is 42.8 Å². The number of nitrogens with zero attached hydrogens (tertiary/aromatic N) is 2. The monoisotopic (exact) mass is 437 g/mol. The van der Waals surface area contributed by atoms with Crippen LogP contribution in [0.15, 0.2) is 29.3 Å². The molecular weight excluding hydrogens is 402 g/mol. The minimum absolute atomic E-state index is 0. The van der Waals surface area contributed by atoms with E-state index in [1.807, 2.05) is 23.9 Å². The number of amidine groups is 1. The molecule has 162 valence electrons. The lowest BCUT2D eigenvalue weighted by Crippen LogP contribution is -2.37. The van der Waals surface area contributed by atoms with Gasteiger partial charge >= 0.3 is 0 Å². The van der Waals surface area contributed by atoms with Crippen LogP contribution in [0.4, 0.5) is 5.69 Å². The van der Waals surface area contributed by atoms with Crippen LogP contribution >= 0.6 is 24.2 Å². The number of carbonyl (C=O) groups excluding carboxylic acids is 1. The van der Waals surface area contributed by atoms with Crippen LogP contribution in [0, 0.1) is 0 Å². The molecule has 1 heterocycles. The molecule has 1 aromatic rings. The van der Waals surface area contributed by atoms with Crippen LogP contribution in [-0.2, 0) is 4.79 Å². The van der Waals surface area contributed by atoms with Crippen molar-refractivity contribution < 1.29 is 4.79 Å². The third kappa shape index (κ3) is 6.92. The highest BCUT2D eigenvalue weighted by Crippen LogP contribution is 2.30. The van der Waals surface area contributed by atoms with Crippen LogP contribution in [0.3, 0.4) is 0 Å². The van der Waals surface area contributed by atoms with E-state index in [0.717, 1.165) is 24.4 Å². The maximum Gasteiger partial charge on any atom is 0.226 e. The largest absolute Gasteiger partial charge is 0.347 e. The van der Waals surface area contributed by atoms with Crippen molar-refractivity contribution >= 4 is 40.9 Å². The lowest BCUT2D eigenvalue weighted by atomic mass is 9.96. The van der Waals surface area contributed by atoms with Gasteiger partial charge in [0, 0.05) is 30.4 Å². The maximum atomic E-state index is 12.6. The van der Waals surface area contributed by atoms with E-state index < -0.39 is 0 Å². The summed E-state index contributed by atoms with van der Waals surface area (Å²) in [5.41, 5.74) is 2.18. The van der Waals surface area contributed by atoms with Gasteiger partial charge in [-0.25, -0.2) is 0 Å². The second-order valence-corrected chi connectivity index (χ2v) is 9.38. The summed E-state index contributed by atoms with van der Waals surface area (Å²) < 4.78 is 0. The number of carbonyl (C=O) groups is 1. The first-order chi connectivity index (χ1) is 13.6. The molecule has 6 heteroatoms. The van der Waals surface area contributed by atoms with Gasteiger partial charge in [0.25, 0.3) is 0 Å². The zero-order chi connectivity index (χ0) is 19.9. The molecule has 1 saturated carbocycles. The summed E-state index contributed by atoms with van der Waals surface area (Å²) in [4.78, 5) is 20.1. The summed E-state index contributed by atoms with van der Waals surface area (Å²) in [5.74, 6) is 1.57. The van der Waals surface area contributed by atoms with E-state index in [2.05, 4.69) is 43.1 Å². The van der Waals surface area contributed by atoms with Gasteiger partial charge in [0.05, 0.1) is 6.04 Å². The minimum atomic E-state index is 0. The molecule has 1 aromatic carbocycles. The Labute approximate surface area is 186 Å². The summed E-state index contributed by atoms with van der Waals surface area (Å²) >= 11 is 1.84. The topological polar surface area (TPSA) is 44.7 Å². The van der Waals surface area contributed by atoms with Crippen molar-refractivity contribution in [3.05, 3.63) is 29.8 Å². The zero-order valence-electron chi connectivity index (χ0n) is 18.0. The third-order valence-corrected chi connectivity index (χ3v) is 6.86. The van der Waals surface area contributed by atoms with Crippen LogP contribution in [0.5, 0.6) is 0 Å². The van der Waals surface area contributed by atoms with Crippen molar-refractivity contribution in [2.24, 2.45) is 4.99 Å². The lowest BCUT2D eigenvalue weighted by molar-refractivity contribution is -0.116. The number of anilines is 1. The molecular formula is C23H36ClN3OS. The molecule has 1 N–H and O–H groups in total. The normalized spacial score (nSPS) is 21.4. The van der Waals surface area contributed by atoms with E-state index in [9.17, 15) is 4.79 Å². The molecule has 1 amide bonds. The SMILES string of the molecule is CCCN1/C(=N/C2CCCCC2)SCC1CC(=O)Nc1ccc(C(C)C)cc1.Cl. The highest BCUT2D eigenvalue weighted by Gasteiger charge is 2.32. The minimum Gasteiger partial charge on any atom is -0.347 e. The number of hydrogen-bond donors (Lipinski definition) is 1. The second-order valence-electron chi connectivity index (χ2n) is 8.39. The highest BCUT2D eigenvalue weighted by atomic mass is 35.5. The Bertz CT molecular complexity index is 671. The average molecular weight is 438 g/mol. The molecule has 0 bridgehead atoms. The Kier molecular flexibility index (Phi) is 9.84. The number of aliphatic imine (C=N–C) groups is 1. The van der Waals surface area contributed by atoms with Gasteiger partial charge in [0.1, 0.15) is 0 Å². The van der Waals surface area contributed by atoms with Gasteiger partial charge in [-0.15, -0.1) is 12.4 Å². The zero-order valence-corrected chi connectivity index (χ0v) is 19.7. The summed E-state index contributed by atoms with van der Waals surface area (Å²) in [5, 5.41) is 4.25. The molecule has 1 atom stereocenters. The van der Waals surface area contributed by atoms with Crippen LogP contribution < -0.4 is 5.32 Å². The Morgan fingerprint density at radius 3 is 2.52 bits per heavy atom. The Morgan fingerprint density at radius 2 is 1.90 bits per heavy atom. The van der Waals surface area contributed by atoms with Crippen LogP contribution in [0.2, 0.25) is 0 Å². The van der Waals surface area contributed by atoms with E-state index in [-0.39, 0.29) is 24.4 Å². The summed E-state index contributed by atoms with van der Waals surface area (Å²) in [6.07, 6.45) is 8.03. The Hall–Kier alpha value is -1.20. The van der Waals surface area contributed by atoms with E-state index >= 15 is 0 Å². The molecule has 0 radical (unpaired) electrons. The summed E-state index contributed by atoms with van der Waals surface area (Å²) in [6, 6.07) is 8.96. The number of hydrogen-bond acceptors (Lipinski definition) is 3. The molecule has 1 aliphatic heterocycles. The maximum absolute atomic E-state index is 12.6. The van der Waals surface area contributed by atoms with Gasteiger partial charge in [0.2, 0.25) is 5.91 Å². The van der Waals surface area contributed by atoms with E-state index in [4.69, 9.17) is 4.99 Å². The molecule has 3 rings (SSSR count). The van der Waals surface area contributed by atoms with Crippen LogP contribution in [0.25, 0.3) is 0 Å². The number of halogens is 1. The molecule has 4 nitrogen and oxygen atoms in total. The van der Waals surface area contributed by atoms with Crippen molar-refractivity contribution in [1.82, 2.24) is 4.90 Å². The van der Waals surface area contributed by atoms with Crippen LogP contribution in [-0.4, -0.2) is 40.4 Å². The number of thioether (sulfide) groups is 1. The van der Waals surface area contributed by atoms with Gasteiger partial charge in [-0.1, -0.05) is 63.9 Å². The lowest BCUT2D eigenvalue weighted by Gasteiger charge is -2.27. The number of benzene rings is 1. The number of nitrogens with one attached hydrogen (secondary N) is 1. The average Bonchev–Trinajstić information content (AvgIpc) is 3.04. The van der Waals surface area contributed by atoms with Crippen molar-refractivity contribution in [3.8, 4) is 0 Å². The predicted octanol–water partition coefficient (Wildman–Crippen LogP) is 6.08. The van der Waals surface area contributed by atoms with Gasteiger partial charge in [-0.05, 0) is 42.9 Å². The van der Waals surface area contributed by atoms with Gasteiger partial charge in [0.15, 0.2) is 5.17 Å². The molecule has 29 heavy (non-hydrogen) atoms. The highest BCUT2D eigenvalue weighted by molar-refractivity contribution is 8.14. The van der Waals surface area contributed by atoms with Crippen molar-refractivity contribution in [1.29, 1.82) is 0 Å². The molecule has 1 aliphatic carbocycles. The van der Waals surface area contributed by atoms with Crippen molar-refractivity contribution in [2.45, 2.75) is 83.7 Å².